The number of benzene rings is 1. The molecule has 1 aliphatic heterocycles. The number of nitrogens with one attached hydrogen (secondary N) is 1. The number of pyridine rings is 1. The molecule has 1 aromatic heterocycles. The van der Waals surface area contributed by atoms with Gasteiger partial charge in [0.05, 0.1) is 11.6 Å². The number of aliphatic hydroxyl groups is 1. The molecule has 1 saturated heterocycles. The highest BCUT2D eigenvalue weighted by Crippen LogP contribution is 2.31. The van der Waals surface area contributed by atoms with Crippen LogP contribution in [0, 0.1) is 17.2 Å². The number of anilines is 1. The van der Waals surface area contributed by atoms with E-state index in [1.54, 1.807) is 24.4 Å². The molecule has 2 amide bonds. The average molecular weight is 450 g/mol. The molecule has 9 heteroatoms. The first kappa shape index (κ1) is 22.7. The molecular formula is C24H27N5O4. The van der Waals surface area contributed by atoms with E-state index in [1.807, 2.05) is 12.1 Å². The molecule has 0 unspecified atom stereocenters. The van der Waals surface area contributed by atoms with Crippen molar-refractivity contribution in [1.82, 2.24) is 9.88 Å². The van der Waals surface area contributed by atoms with Crippen molar-refractivity contribution < 1.29 is 19.4 Å². The van der Waals surface area contributed by atoms with Gasteiger partial charge in [-0.15, -0.1) is 0 Å². The standard InChI is InChI=1S/C24H27N5O4/c1-14(30)24(32)29-9-7-21(19(26)13-29)33-20-5-4-16(10-18(20)12-25)17-6-8-27-22(11-17)28-23(31)15-2-3-15/h4-6,8,10-11,14-15,19,21,30H,2-3,7,9,13,26H2,1H3,(H,27,28,31)/t14-,19+,21-/m0/s1. The molecule has 4 N–H and O–H groups in total. The number of aromatic nitrogens is 1. The van der Waals surface area contributed by atoms with Crippen LogP contribution in [0.25, 0.3) is 11.1 Å². The maximum atomic E-state index is 12.0. The maximum absolute atomic E-state index is 12.0. The van der Waals surface area contributed by atoms with E-state index in [1.165, 1.54) is 11.8 Å². The number of likely N-dealkylation sites (tertiary alicyclic amines) is 1. The van der Waals surface area contributed by atoms with Crippen molar-refractivity contribution in [1.29, 1.82) is 5.26 Å². The Morgan fingerprint density at radius 1 is 1.27 bits per heavy atom. The second-order valence-electron chi connectivity index (χ2n) is 8.59. The van der Waals surface area contributed by atoms with E-state index in [9.17, 15) is 20.0 Å². The highest BCUT2D eigenvalue weighted by molar-refractivity contribution is 5.93. The molecule has 1 aromatic carbocycles. The number of nitrogens with two attached hydrogens (primary N) is 1. The van der Waals surface area contributed by atoms with Gasteiger partial charge in [-0.2, -0.15) is 5.26 Å². The number of ether oxygens (including phenoxy) is 1. The minimum Gasteiger partial charge on any atom is -0.487 e. The van der Waals surface area contributed by atoms with Crippen LogP contribution in [0.2, 0.25) is 0 Å². The second kappa shape index (κ2) is 9.57. The minimum absolute atomic E-state index is 0.0151. The molecule has 3 atom stereocenters. The Bertz CT molecular complexity index is 1090. The normalized spacial score (nSPS) is 21.1. The predicted octanol–water partition coefficient (Wildman–Crippen LogP) is 1.66. The number of rotatable bonds is 6. The summed E-state index contributed by atoms with van der Waals surface area (Å²) in [7, 11) is 0. The molecule has 172 valence electrons. The molecule has 33 heavy (non-hydrogen) atoms. The number of piperidine rings is 1. The van der Waals surface area contributed by atoms with Gasteiger partial charge >= 0.3 is 0 Å². The highest BCUT2D eigenvalue weighted by atomic mass is 16.5. The second-order valence-corrected chi connectivity index (χ2v) is 8.59. The van der Waals surface area contributed by atoms with Crippen molar-refractivity contribution in [3.8, 4) is 22.9 Å². The van der Waals surface area contributed by atoms with Gasteiger partial charge in [-0.05, 0) is 55.2 Å². The molecule has 0 spiro atoms. The molecule has 2 fully saturated rings. The summed E-state index contributed by atoms with van der Waals surface area (Å²) in [4.78, 5) is 29.8. The van der Waals surface area contributed by atoms with Crippen LogP contribution in [0.15, 0.2) is 36.5 Å². The zero-order valence-corrected chi connectivity index (χ0v) is 18.4. The summed E-state index contributed by atoms with van der Waals surface area (Å²) in [5.41, 5.74) is 8.20. The van der Waals surface area contributed by atoms with Crippen molar-refractivity contribution in [2.24, 2.45) is 11.7 Å². The van der Waals surface area contributed by atoms with Gasteiger partial charge in [-0.25, -0.2) is 4.98 Å². The van der Waals surface area contributed by atoms with Crippen molar-refractivity contribution in [2.45, 2.75) is 44.4 Å². The van der Waals surface area contributed by atoms with Gasteiger partial charge in [0.25, 0.3) is 5.91 Å². The number of nitrogens with zero attached hydrogens (tertiary/aromatic N) is 3. The fraction of sp³-hybridized carbons (Fsp3) is 0.417. The Balaban J connectivity index is 1.46. The predicted molar refractivity (Wildman–Crippen MR) is 121 cm³/mol. The summed E-state index contributed by atoms with van der Waals surface area (Å²) in [6, 6.07) is 10.6. The van der Waals surface area contributed by atoms with Crippen LogP contribution in [0.5, 0.6) is 5.75 Å². The molecular weight excluding hydrogens is 422 g/mol. The minimum atomic E-state index is -1.07. The largest absolute Gasteiger partial charge is 0.487 e. The Morgan fingerprint density at radius 2 is 2.03 bits per heavy atom. The van der Waals surface area contributed by atoms with Gasteiger partial charge in [-0.1, -0.05) is 6.07 Å². The first-order chi connectivity index (χ1) is 15.9. The number of amides is 2. The van der Waals surface area contributed by atoms with Crippen molar-refractivity contribution >= 4 is 17.6 Å². The van der Waals surface area contributed by atoms with E-state index in [2.05, 4.69) is 16.4 Å². The molecule has 1 aliphatic carbocycles. The van der Waals surface area contributed by atoms with Crippen LogP contribution in [0.1, 0.15) is 31.7 Å². The molecule has 2 aliphatic rings. The summed E-state index contributed by atoms with van der Waals surface area (Å²) in [5.74, 6) is 0.621. The van der Waals surface area contributed by atoms with Crippen LogP contribution < -0.4 is 15.8 Å². The topological polar surface area (TPSA) is 142 Å². The smallest absolute Gasteiger partial charge is 0.251 e. The van der Waals surface area contributed by atoms with E-state index < -0.39 is 12.1 Å². The molecule has 9 nitrogen and oxygen atoms in total. The van der Waals surface area contributed by atoms with Gasteiger partial charge in [-0.3, -0.25) is 9.59 Å². The Morgan fingerprint density at radius 3 is 2.70 bits per heavy atom. The van der Waals surface area contributed by atoms with E-state index >= 15 is 0 Å². The van der Waals surface area contributed by atoms with Crippen molar-refractivity contribution in [3.63, 3.8) is 0 Å². The number of nitriles is 1. The van der Waals surface area contributed by atoms with Crippen molar-refractivity contribution in [2.75, 3.05) is 18.4 Å². The Kier molecular flexibility index (Phi) is 6.58. The molecule has 2 heterocycles. The zero-order valence-electron chi connectivity index (χ0n) is 18.4. The number of hydrogen-bond donors (Lipinski definition) is 3. The third-order valence-electron chi connectivity index (χ3n) is 5.93. The van der Waals surface area contributed by atoms with Crippen molar-refractivity contribution in [3.05, 3.63) is 42.1 Å². The summed E-state index contributed by atoms with van der Waals surface area (Å²) in [6.45, 7) is 2.14. The first-order valence-corrected chi connectivity index (χ1v) is 11.1. The molecule has 0 bridgehead atoms. The SMILES string of the molecule is C[C@H](O)C(=O)N1CC[C@H](Oc2ccc(-c3ccnc(NC(=O)C4CC4)c3)cc2C#N)[C@H](N)C1. The lowest BCUT2D eigenvalue weighted by Gasteiger charge is -2.37. The average Bonchev–Trinajstić information content (AvgIpc) is 3.66. The van der Waals surface area contributed by atoms with Gasteiger partial charge in [0.2, 0.25) is 5.91 Å². The third kappa shape index (κ3) is 5.30. The lowest BCUT2D eigenvalue weighted by molar-refractivity contribution is -0.141. The van der Waals surface area contributed by atoms with E-state index in [0.29, 0.717) is 30.1 Å². The fourth-order valence-electron chi connectivity index (χ4n) is 3.89. The van der Waals surface area contributed by atoms with Gasteiger partial charge in [0, 0.05) is 31.6 Å². The fourth-order valence-corrected chi connectivity index (χ4v) is 3.89. The number of carbonyl (C=O) groups is 2. The van der Waals surface area contributed by atoms with Gasteiger partial charge in [0.15, 0.2) is 0 Å². The summed E-state index contributed by atoms with van der Waals surface area (Å²) in [6.07, 6.45) is 2.53. The first-order valence-electron chi connectivity index (χ1n) is 11.1. The molecule has 2 aromatic rings. The van der Waals surface area contributed by atoms with E-state index in [-0.39, 0.29) is 30.4 Å². The quantitative estimate of drug-likeness (QED) is 0.609. The zero-order chi connectivity index (χ0) is 23.5. The van der Waals surface area contributed by atoms with Crippen LogP contribution in [-0.4, -0.2) is 58.1 Å². The molecule has 1 saturated carbocycles. The summed E-state index contributed by atoms with van der Waals surface area (Å²) < 4.78 is 6.06. The van der Waals surface area contributed by atoms with Crippen LogP contribution >= 0.6 is 0 Å². The van der Waals surface area contributed by atoms with Crippen LogP contribution in [-0.2, 0) is 9.59 Å². The maximum Gasteiger partial charge on any atom is 0.251 e. The Labute approximate surface area is 192 Å². The number of hydrogen-bond acceptors (Lipinski definition) is 7. The lowest BCUT2D eigenvalue weighted by atomic mass is 10.0. The number of carbonyl (C=O) groups excluding carboxylic acids is 2. The van der Waals surface area contributed by atoms with Gasteiger partial charge in [0.1, 0.15) is 29.8 Å². The van der Waals surface area contributed by atoms with Crippen LogP contribution in [0.3, 0.4) is 0 Å². The summed E-state index contributed by atoms with van der Waals surface area (Å²) >= 11 is 0. The molecule has 0 radical (unpaired) electrons. The van der Waals surface area contributed by atoms with E-state index in [0.717, 1.165) is 24.0 Å². The third-order valence-corrected chi connectivity index (χ3v) is 5.93. The van der Waals surface area contributed by atoms with Crippen LogP contribution in [0.4, 0.5) is 5.82 Å². The molecule has 4 rings (SSSR count). The lowest BCUT2D eigenvalue weighted by Crippen LogP contribution is -2.56. The van der Waals surface area contributed by atoms with Gasteiger partial charge < -0.3 is 25.8 Å². The summed E-state index contributed by atoms with van der Waals surface area (Å²) in [5, 5.41) is 22.0. The highest BCUT2D eigenvalue weighted by Gasteiger charge is 2.32. The number of aliphatic hydroxyl groups excluding tert-OH is 1. The monoisotopic (exact) mass is 449 g/mol. The Hall–Kier alpha value is -3.48. The van der Waals surface area contributed by atoms with E-state index in [4.69, 9.17) is 10.5 Å².